The van der Waals surface area contributed by atoms with Crippen molar-refractivity contribution >= 4 is 6.09 Å². The van der Waals surface area contributed by atoms with Crippen LogP contribution in [0.1, 0.15) is 46.5 Å². The second-order valence-electron chi connectivity index (χ2n) is 8.63. The molecule has 2 unspecified atom stereocenters. The molecule has 27 heavy (non-hydrogen) atoms. The highest BCUT2D eigenvalue weighted by Gasteiger charge is 2.48. The van der Waals surface area contributed by atoms with Gasteiger partial charge in [-0.3, -0.25) is 4.90 Å². The number of fused-ring (bicyclic) bond motifs is 2. The first-order valence-electron chi connectivity index (χ1n) is 9.75. The van der Waals surface area contributed by atoms with E-state index in [1.807, 2.05) is 51.1 Å². The van der Waals surface area contributed by atoms with Crippen molar-refractivity contribution in [1.82, 2.24) is 4.90 Å². The van der Waals surface area contributed by atoms with Gasteiger partial charge in [0, 0.05) is 0 Å². The number of carbonyl (C=O) groups is 1. The number of rotatable bonds is 5. The zero-order valence-electron chi connectivity index (χ0n) is 16.5. The van der Waals surface area contributed by atoms with Crippen LogP contribution in [-0.2, 0) is 9.47 Å². The molecule has 2 bridgehead atoms. The van der Waals surface area contributed by atoms with Crippen LogP contribution in [0.15, 0.2) is 30.3 Å². The molecular weight excluding hydrogens is 346 g/mol. The number of hydrogen-bond acceptors (Lipinski definition) is 5. The SMILES string of the molecule is CC(C)(C)OC(=O)N1C2COCC1CC(O)(CCCOc1ccccc1)C2. The molecule has 3 rings (SSSR count). The highest BCUT2D eigenvalue weighted by Crippen LogP contribution is 2.38. The maximum Gasteiger partial charge on any atom is 0.410 e. The van der Waals surface area contributed by atoms with E-state index in [-0.39, 0.29) is 18.2 Å². The third-order valence-corrected chi connectivity index (χ3v) is 5.04. The number of piperidine rings is 1. The standard InChI is InChI=1S/C21H31NO5/c1-20(2,3)27-19(23)22-16-12-21(24,13-17(22)15-25-14-16)10-7-11-26-18-8-5-4-6-9-18/h4-6,8-9,16-17,24H,7,10-15H2,1-3H3. The van der Waals surface area contributed by atoms with Gasteiger partial charge in [-0.25, -0.2) is 4.79 Å². The Balaban J connectivity index is 1.54. The molecule has 6 heteroatoms. The maximum absolute atomic E-state index is 12.6. The van der Waals surface area contributed by atoms with E-state index < -0.39 is 11.2 Å². The predicted molar refractivity (Wildman–Crippen MR) is 102 cm³/mol. The quantitative estimate of drug-likeness (QED) is 0.797. The van der Waals surface area contributed by atoms with Crippen molar-refractivity contribution in [1.29, 1.82) is 0 Å². The molecule has 0 radical (unpaired) electrons. The first-order valence-corrected chi connectivity index (χ1v) is 9.75. The fourth-order valence-corrected chi connectivity index (χ4v) is 4.00. The molecule has 2 aliphatic rings. The van der Waals surface area contributed by atoms with Crippen molar-refractivity contribution in [3.05, 3.63) is 30.3 Å². The van der Waals surface area contributed by atoms with Crippen molar-refractivity contribution in [3.63, 3.8) is 0 Å². The van der Waals surface area contributed by atoms with E-state index in [2.05, 4.69) is 0 Å². The molecule has 2 aliphatic heterocycles. The van der Waals surface area contributed by atoms with Gasteiger partial charge in [0.05, 0.1) is 37.5 Å². The summed E-state index contributed by atoms with van der Waals surface area (Å²) in [6.07, 6.45) is 2.12. The Morgan fingerprint density at radius 3 is 2.44 bits per heavy atom. The molecule has 1 N–H and O–H groups in total. The van der Waals surface area contributed by atoms with Crippen molar-refractivity contribution in [3.8, 4) is 5.75 Å². The average molecular weight is 377 g/mol. The topological polar surface area (TPSA) is 68.2 Å². The van der Waals surface area contributed by atoms with E-state index in [1.165, 1.54) is 0 Å². The van der Waals surface area contributed by atoms with Crippen molar-refractivity contribution < 1.29 is 24.1 Å². The fourth-order valence-electron chi connectivity index (χ4n) is 4.00. The molecule has 1 amide bonds. The summed E-state index contributed by atoms with van der Waals surface area (Å²) in [7, 11) is 0. The van der Waals surface area contributed by atoms with Gasteiger partial charge in [-0.2, -0.15) is 0 Å². The molecular formula is C21H31NO5. The third-order valence-electron chi connectivity index (χ3n) is 5.04. The number of para-hydroxylation sites is 1. The van der Waals surface area contributed by atoms with Gasteiger partial charge >= 0.3 is 6.09 Å². The number of nitrogens with zero attached hydrogens (tertiary/aromatic N) is 1. The number of ether oxygens (including phenoxy) is 3. The largest absolute Gasteiger partial charge is 0.494 e. The van der Waals surface area contributed by atoms with Crippen LogP contribution in [0.3, 0.4) is 0 Å². The van der Waals surface area contributed by atoms with Gasteiger partial charge in [0.25, 0.3) is 0 Å². The van der Waals surface area contributed by atoms with Gasteiger partial charge in [-0.1, -0.05) is 18.2 Å². The number of amides is 1. The minimum Gasteiger partial charge on any atom is -0.494 e. The second-order valence-corrected chi connectivity index (χ2v) is 8.63. The molecule has 0 aromatic heterocycles. The fraction of sp³-hybridized carbons (Fsp3) is 0.667. The lowest BCUT2D eigenvalue weighted by Gasteiger charge is -2.51. The van der Waals surface area contributed by atoms with Crippen LogP contribution in [0.25, 0.3) is 0 Å². The lowest BCUT2D eigenvalue weighted by Crippen LogP contribution is -2.64. The van der Waals surface area contributed by atoms with Crippen LogP contribution in [0.4, 0.5) is 4.79 Å². The Bertz CT molecular complexity index is 613. The highest BCUT2D eigenvalue weighted by atomic mass is 16.6. The summed E-state index contributed by atoms with van der Waals surface area (Å²) in [5.74, 6) is 0.842. The van der Waals surface area contributed by atoms with Gasteiger partial charge in [-0.05, 0) is 58.6 Å². The Hall–Kier alpha value is -1.79. The summed E-state index contributed by atoms with van der Waals surface area (Å²) in [5.41, 5.74) is -1.33. The number of hydrogen-bond donors (Lipinski definition) is 1. The summed E-state index contributed by atoms with van der Waals surface area (Å²) in [5, 5.41) is 11.1. The summed E-state index contributed by atoms with van der Waals surface area (Å²) >= 11 is 0. The average Bonchev–Trinajstić information content (AvgIpc) is 2.57. The van der Waals surface area contributed by atoms with E-state index in [0.29, 0.717) is 39.1 Å². The monoisotopic (exact) mass is 377 g/mol. The molecule has 2 saturated heterocycles. The normalized spacial score (nSPS) is 27.9. The van der Waals surface area contributed by atoms with E-state index in [9.17, 15) is 9.90 Å². The van der Waals surface area contributed by atoms with Crippen molar-refractivity contribution in [2.75, 3.05) is 19.8 Å². The van der Waals surface area contributed by atoms with Crippen LogP contribution >= 0.6 is 0 Å². The Labute approximate surface area is 161 Å². The van der Waals surface area contributed by atoms with Crippen molar-refractivity contribution in [2.45, 2.75) is 69.7 Å². The summed E-state index contributed by atoms with van der Waals surface area (Å²) in [6, 6.07) is 9.40. The van der Waals surface area contributed by atoms with Crippen LogP contribution in [0, 0.1) is 0 Å². The molecule has 6 nitrogen and oxygen atoms in total. The third kappa shape index (κ3) is 5.36. The van der Waals surface area contributed by atoms with Gasteiger partial charge < -0.3 is 19.3 Å². The Morgan fingerprint density at radius 1 is 1.22 bits per heavy atom. The summed E-state index contributed by atoms with van der Waals surface area (Å²) < 4.78 is 16.9. The van der Waals surface area contributed by atoms with E-state index >= 15 is 0 Å². The number of benzene rings is 1. The number of carbonyl (C=O) groups excluding carboxylic acids is 1. The molecule has 0 aliphatic carbocycles. The van der Waals surface area contributed by atoms with Crippen LogP contribution in [0.5, 0.6) is 5.75 Å². The van der Waals surface area contributed by atoms with Crippen molar-refractivity contribution in [2.24, 2.45) is 0 Å². The first kappa shape index (κ1) is 20.0. The lowest BCUT2D eigenvalue weighted by atomic mass is 9.78. The summed E-state index contributed by atoms with van der Waals surface area (Å²) in [4.78, 5) is 14.4. The van der Waals surface area contributed by atoms with E-state index in [4.69, 9.17) is 14.2 Å². The number of aliphatic hydroxyl groups is 1. The highest BCUT2D eigenvalue weighted by molar-refractivity contribution is 5.69. The molecule has 0 spiro atoms. The molecule has 0 saturated carbocycles. The molecule has 150 valence electrons. The van der Waals surface area contributed by atoms with Crippen LogP contribution < -0.4 is 4.74 Å². The molecule has 2 fully saturated rings. The lowest BCUT2D eigenvalue weighted by molar-refractivity contribution is -0.140. The minimum atomic E-state index is -0.794. The second kappa shape index (κ2) is 8.07. The van der Waals surface area contributed by atoms with Gasteiger partial charge in [0.15, 0.2) is 0 Å². The van der Waals surface area contributed by atoms with Crippen LogP contribution in [0.2, 0.25) is 0 Å². The predicted octanol–water partition coefficient (Wildman–Crippen LogP) is 3.38. The minimum absolute atomic E-state index is 0.146. The summed E-state index contributed by atoms with van der Waals surface area (Å²) in [6.45, 7) is 7.05. The van der Waals surface area contributed by atoms with E-state index in [0.717, 1.165) is 12.2 Å². The zero-order chi connectivity index (χ0) is 19.5. The van der Waals surface area contributed by atoms with E-state index in [1.54, 1.807) is 4.90 Å². The van der Waals surface area contributed by atoms with Gasteiger partial charge in [0.2, 0.25) is 0 Å². The Kier molecular flexibility index (Phi) is 5.96. The smallest absolute Gasteiger partial charge is 0.410 e. The Morgan fingerprint density at radius 2 is 1.85 bits per heavy atom. The van der Waals surface area contributed by atoms with Gasteiger partial charge in [-0.15, -0.1) is 0 Å². The molecule has 2 heterocycles. The molecule has 2 atom stereocenters. The molecule has 1 aromatic carbocycles. The molecule has 1 aromatic rings. The number of morpholine rings is 1. The van der Waals surface area contributed by atoms with Gasteiger partial charge in [0.1, 0.15) is 11.4 Å². The maximum atomic E-state index is 12.6. The van der Waals surface area contributed by atoms with Crippen LogP contribution in [-0.4, -0.2) is 59.2 Å². The first-order chi connectivity index (χ1) is 12.8. The zero-order valence-corrected chi connectivity index (χ0v) is 16.5.